The summed E-state index contributed by atoms with van der Waals surface area (Å²) in [4.78, 5) is 24.4. The van der Waals surface area contributed by atoms with Gasteiger partial charge in [-0.25, -0.2) is 14.8 Å². The minimum Gasteiger partial charge on any atom is -0.340 e. The molecule has 2 heterocycles. The van der Waals surface area contributed by atoms with Crippen molar-refractivity contribution in [2.45, 2.75) is 25.1 Å². The van der Waals surface area contributed by atoms with Gasteiger partial charge in [-0.05, 0) is 28.8 Å². The molecule has 2 amide bonds. The number of hydrogen-bond donors (Lipinski definition) is 0. The van der Waals surface area contributed by atoms with Crippen molar-refractivity contribution in [1.82, 2.24) is 14.9 Å². The molecule has 2 rings (SSSR count). The van der Waals surface area contributed by atoms with Crippen LogP contribution in [0.1, 0.15) is 13.8 Å². The Balaban J connectivity index is 2.41. The molecular formula is C11H18B3ClN4O. The van der Waals surface area contributed by atoms with E-state index >= 15 is 0 Å². The van der Waals surface area contributed by atoms with Gasteiger partial charge in [-0.3, -0.25) is 4.90 Å². The Kier molecular flexibility index (Phi) is 4.05. The van der Waals surface area contributed by atoms with E-state index in [1.54, 1.807) is 17.2 Å². The number of halogens is 1. The molecule has 1 saturated heterocycles. The number of amides is 2. The zero-order chi connectivity index (χ0) is 15.1. The zero-order valence-corrected chi connectivity index (χ0v) is 13.3. The lowest BCUT2D eigenvalue weighted by molar-refractivity contribution is 0.220. The molecule has 0 spiro atoms. The third kappa shape index (κ3) is 2.80. The van der Waals surface area contributed by atoms with Crippen LogP contribution in [-0.4, -0.2) is 62.3 Å². The van der Waals surface area contributed by atoms with Gasteiger partial charge in [0.1, 0.15) is 29.4 Å². The van der Waals surface area contributed by atoms with E-state index in [4.69, 9.17) is 11.6 Å². The van der Waals surface area contributed by atoms with E-state index in [-0.39, 0.29) is 22.6 Å². The van der Waals surface area contributed by atoms with E-state index in [0.29, 0.717) is 18.3 Å². The highest BCUT2D eigenvalue weighted by Crippen LogP contribution is 2.29. The zero-order valence-electron chi connectivity index (χ0n) is 12.6. The third-order valence-corrected chi connectivity index (χ3v) is 3.76. The molecule has 1 unspecified atom stereocenters. The Bertz CT molecular complexity index is 523. The fourth-order valence-electron chi connectivity index (χ4n) is 2.42. The van der Waals surface area contributed by atoms with E-state index < -0.39 is 0 Å². The van der Waals surface area contributed by atoms with Crippen LogP contribution >= 0.6 is 11.6 Å². The molecule has 20 heavy (non-hydrogen) atoms. The van der Waals surface area contributed by atoms with Crippen LogP contribution in [0.25, 0.3) is 0 Å². The van der Waals surface area contributed by atoms with Crippen molar-refractivity contribution in [2.75, 3.05) is 11.4 Å². The van der Waals surface area contributed by atoms with E-state index in [9.17, 15) is 4.79 Å². The van der Waals surface area contributed by atoms with Crippen molar-refractivity contribution in [3.05, 3.63) is 17.5 Å². The van der Waals surface area contributed by atoms with Crippen LogP contribution in [0.3, 0.4) is 0 Å². The van der Waals surface area contributed by atoms with Crippen LogP contribution in [0.4, 0.5) is 10.6 Å². The molecule has 1 fully saturated rings. The van der Waals surface area contributed by atoms with Crippen LogP contribution in [0, 0.1) is 5.92 Å². The van der Waals surface area contributed by atoms with Crippen molar-refractivity contribution in [3.63, 3.8) is 0 Å². The highest BCUT2D eigenvalue weighted by atomic mass is 35.5. The summed E-state index contributed by atoms with van der Waals surface area (Å²) >= 11 is 5.85. The van der Waals surface area contributed by atoms with Crippen LogP contribution in [0.15, 0.2) is 12.3 Å². The number of nitrogens with zero attached hydrogens (tertiary/aromatic N) is 4. The van der Waals surface area contributed by atoms with Crippen molar-refractivity contribution in [1.29, 1.82) is 0 Å². The second-order valence-corrected chi connectivity index (χ2v) is 6.77. The first-order valence-electron chi connectivity index (χ1n) is 6.81. The fraction of sp³-hybridized carbons (Fsp3) is 0.545. The largest absolute Gasteiger partial charge is 0.340 e. The Morgan fingerprint density at radius 1 is 1.45 bits per heavy atom. The number of hydrogen-bond acceptors (Lipinski definition) is 3. The molecule has 0 saturated carbocycles. The van der Waals surface area contributed by atoms with Gasteiger partial charge in [0, 0.05) is 12.7 Å². The topological polar surface area (TPSA) is 49.3 Å². The molecule has 9 heteroatoms. The minimum absolute atomic E-state index is 0.0223. The molecule has 5 nitrogen and oxygen atoms in total. The first kappa shape index (κ1) is 15.2. The number of anilines is 1. The summed E-state index contributed by atoms with van der Waals surface area (Å²) in [6.07, 6.45) is 1.58. The molecule has 0 N–H and O–H groups in total. The monoisotopic (exact) mass is 290 g/mol. The molecule has 1 atom stereocenters. The molecule has 104 valence electrons. The smallest absolute Gasteiger partial charge is 0.324 e. The van der Waals surface area contributed by atoms with E-state index in [0.717, 1.165) is 0 Å². The summed E-state index contributed by atoms with van der Waals surface area (Å²) in [6.45, 7) is 4.92. The van der Waals surface area contributed by atoms with Gasteiger partial charge in [0.05, 0.1) is 6.04 Å². The van der Waals surface area contributed by atoms with E-state index in [1.165, 1.54) is 0 Å². The molecule has 1 aliphatic rings. The summed E-state index contributed by atoms with van der Waals surface area (Å²) in [5, 5.41) is -0.0532. The average Bonchev–Trinajstić information content (AvgIpc) is 2.66. The molecule has 0 radical (unpaired) electrons. The molecule has 0 aromatic carbocycles. The van der Waals surface area contributed by atoms with Crippen molar-refractivity contribution >= 4 is 47.0 Å². The number of rotatable bonds is 3. The third-order valence-electron chi connectivity index (χ3n) is 3.58. The molecule has 1 aromatic rings. The maximum atomic E-state index is 12.7. The van der Waals surface area contributed by atoms with Gasteiger partial charge < -0.3 is 4.90 Å². The van der Waals surface area contributed by atoms with E-state index in [2.05, 4.69) is 23.8 Å². The number of urea groups is 1. The van der Waals surface area contributed by atoms with Crippen LogP contribution in [0.2, 0.25) is 5.28 Å². The highest BCUT2D eigenvalue weighted by molar-refractivity contribution is 6.59. The second-order valence-electron chi connectivity index (χ2n) is 6.43. The van der Waals surface area contributed by atoms with Gasteiger partial charge >= 0.3 is 6.03 Å². The molecule has 1 aromatic heterocycles. The Morgan fingerprint density at radius 3 is 2.60 bits per heavy atom. The molecular weight excluding hydrogens is 272 g/mol. The fourth-order valence-corrected chi connectivity index (χ4v) is 2.56. The van der Waals surface area contributed by atoms with Crippen molar-refractivity contribution < 1.29 is 4.79 Å². The van der Waals surface area contributed by atoms with Crippen LogP contribution < -0.4 is 4.90 Å². The summed E-state index contributed by atoms with van der Waals surface area (Å²) in [7, 11) is 6.12. The van der Waals surface area contributed by atoms with Gasteiger partial charge in [-0.1, -0.05) is 13.8 Å². The van der Waals surface area contributed by atoms with Crippen LogP contribution in [-0.2, 0) is 0 Å². The maximum Gasteiger partial charge on any atom is 0.324 e. The Morgan fingerprint density at radius 2 is 2.10 bits per heavy atom. The van der Waals surface area contributed by atoms with Gasteiger partial charge in [0.15, 0.2) is 0 Å². The molecule has 0 bridgehead atoms. The maximum absolute atomic E-state index is 12.7. The lowest BCUT2D eigenvalue weighted by Crippen LogP contribution is -2.52. The summed E-state index contributed by atoms with van der Waals surface area (Å²) < 4.78 is 0. The highest BCUT2D eigenvalue weighted by Gasteiger charge is 2.44. The van der Waals surface area contributed by atoms with Gasteiger partial charge in [-0.2, -0.15) is 0 Å². The normalized spacial score (nSPS) is 20.0. The second kappa shape index (κ2) is 5.32. The first-order valence-corrected chi connectivity index (χ1v) is 7.19. The first-order chi connectivity index (χ1) is 9.21. The number of carbonyl (C=O) groups excluding carboxylic acids is 1. The lowest BCUT2D eigenvalue weighted by Gasteiger charge is -2.31. The SMILES string of the molecule is BC(B)(B)N1CC(C(C)C)N(c2ccnc(Cl)n2)C1=O. The summed E-state index contributed by atoms with van der Waals surface area (Å²) in [6, 6.07) is 1.80. The van der Waals surface area contributed by atoms with E-state index in [1.807, 2.05) is 28.4 Å². The number of carbonyl (C=O) groups is 1. The van der Waals surface area contributed by atoms with Gasteiger partial charge in [0.2, 0.25) is 5.28 Å². The Hall–Kier alpha value is -1.17. The summed E-state index contributed by atoms with van der Waals surface area (Å²) in [5.74, 6) is 0.903. The predicted octanol–water partition coefficient (Wildman–Crippen LogP) is -1.09. The lowest BCUT2D eigenvalue weighted by atomic mass is 9.48. The quantitative estimate of drug-likeness (QED) is 0.525. The van der Waals surface area contributed by atoms with Gasteiger partial charge in [-0.15, -0.1) is 0 Å². The predicted molar refractivity (Wildman–Crippen MR) is 88.6 cm³/mol. The van der Waals surface area contributed by atoms with Gasteiger partial charge in [0.25, 0.3) is 0 Å². The summed E-state index contributed by atoms with van der Waals surface area (Å²) in [5.41, 5.74) is 0. The van der Waals surface area contributed by atoms with Crippen LogP contribution in [0.5, 0.6) is 0 Å². The molecule has 0 aliphatic carbocycles. The Labute approximate surface area is 127 Å². The van der Waals surface area contributed by atoms with Crippen molar-refractivity contribution in [3.8, 4) is 0 Å². The molecule has 1 aliphatic heterocycles. The average molecular weight is 290 g/mol. The number of aromatic nitrogens is 2. The minimum atomic E-state index is -0.213. The standard InChI is InChI=1S/C11H18B3ClN4O/c1-6(2)7-5-18(11(12,13)14)10(20)19(7)8-3-4-16-9(15)17-8/h3-4,6-7H,5,12-14H2,1-2H3. The van der Waals surface area contributed by atoms with Crippen molar-refractivity contribution in [2.24, 2.45) is 5.92 Å².